The summed E-state index contributed by atoms with van der Waals surface area (Å²) in [5, 5.41) is 3.61. The maximum Gasteiger partial charge on any atom is 0.0948 e. The van der Waals surface area contributed by atoms with Crippen LogP contribution in [0.3, 0.4) is 0 Å². The number of aryl methyl sites for hydroxylation is 1. The molecule has 1 N–H and O–H groups in total. The number of imidazole rings is 1. The van der Waals surface area contributed by atoms with Crippen molar-refractivity contribution in [1.82, 2.24) is 19.8 Å². The number of nitrogens with one attached hydrogen (secondary N) is 1. The van der Waals surface area contributed by atoms with Crippen LogP contribution in [0.5, 0.6) is 0 Å². The molecule has 0 aromatic carbocycles. The summed E-state index contributed by atoms with van der Waals surface area (Å²) in [7, 11) is 0. The second-order valence-corrected chi connectivity index (χ2v) is 6.85. The van der Waals surface area contributed by atoms with Crippen LogP contribution in [0, 0.1) is 11.8 Å². The molecule has 1 aromatic heterocycles. The minimum atomic E-state index is 0.754. The van der Waals surface area contributed by atoms with Gasteiger partial charge in [-0.1, -0.05) is 20.8 Å². The molecule has 120 valence electrons. The van der Waals surface area contributed by atoms with Gasteiger partial charge in [0.2, 0.25) is 0 Å². The first-order chi connectivity index (χ1) is 10.2. The van der Waals surface area contributed by atoms with Crippen molar-refractivity contribution in [2.45, 2.75) is 53.1 Å². The molecular weight excluding hydrogens is 260 g/mol. The van der Waals surface area contributed by atoms with Gasteiger partial charge in [-0.2, -0.15) is 0 Å². The Morgan fingerprint density at radius 1 is 1.33 bits per heavy atom. The van der Waals surface area contributed by atoms with Crippen LogP contribution in [0.4, 0.5) is 0 Å². The molecule has 1 fully saturated rings. The summed E-state index contributed by atoms with van der Waals surface area (Å²) >= 11 is 0. The van der Waals surface area contributed by atoms with E-state index in [0.717, 1.165) is 31.5 Å². The average Bonchev–Trinajstić information content (AvgIpc) is 2.88. The van der Waals surface area contributed by atoms with E-state index in [1.54, 1.807) is 0 Å². The predicted molar refractivity (Wildman–Crippen MR) is 88.2 cm³/mol. The molecule has 1 aromatic rings. The summed E-state index contributed by atoms with van der Waals surface area (Å²) in [6.45, 7) is 13.7. The molecule has 0 amide bonds. The Bertz CT molecular complexity index is 391. The van der Waals surface area contributed by atoms with Gasteiger partial charge in [-0.05, 0) is 57.3 Å². The molecule has 0 unspecified atom stereocenters. The van der Waals surface area contributed by atoms with Gasteiger partial charge in [0.05, 0.1) is 12.0 Å². The first kappa shape index (κ1) is 16.5. The van der Waals surface area contributed by atoms with Crippen molar-refractivity contribution in [1.29, 1.82) is 0 Å². The second kappa shape index (κ2) is 8.54. The van der Waals surface area contributed by atoms with E-state index in [4.69, 9.17) is 0 Å². The lowest BCUT2D eigenvalue weighted by Crippen LogP contribution is -2.37. The van der Waals surface area contributed by atoms with Gasteiger partial charge in [-0.15, -0.1) is 0 Å². The summed E-state index contributed by atoms with van der Waals surface area (Å²) in [5.74, 6) is 1.62. The van der Waals surface area contributed by atoms with E-state index in [-0.39, 0.29) is 0 Å². The van der Waals surface area contributed by atoms with Crippen molar-refractivity contribution in [3.8, 4) is 0 Å². The normalized spacial score (nSPS) is 17.7. The molecule has 1 aliphatic rings. The molecule has 0 saturated carbocycles. The summed E-state index contributed by atoms with van der Waals surface area (Å²) in [5.41, 5.74) is 1.37. The summed E-state index contributed by atoms with van der Waals surface area (Å²) < 4.78 is 2.30. The zero-order valence-corrected chi connectivity index (χ0v) is 14.0. The number of nitrogens with zero attached hydrogens (tertiary/aromatic N) is 3. The highest BCUT2D eigenvalue weighted by Crippen LogP contribution is 2.18. The molecule has 4 heteroatoms. The SMILES string of the molecule is CCCn1cncc1CN1CCC(CNCC(C)C)CC1. The first-order valence-corrected chi connectivity index (χ1v) is 8.61. The molecule has 2 heterocycles. The van der Waals surface area contributed by atoms with Gasteiger partial charge < -0.3 is 9.88 Å². The fourth-order valence-electron chi connectivity index (χ4n) is 3.08. The van der Waals surface area contributed by atoms with Gasteiger partial charge in [0, 0.05) is 19.3 Å². The molecule has 2 rings (SSSR count). The van der Waals surface area contributed by atoms with Gasteiger partial charge in [-0.3, -0.25) is 4.90 Å². The minimum Gasteiger partial charge on any atom is -0.333 e. The molecule has 1 saturated heterocycles. The predicted octanol–water partition coefficient (Wildman–Crippen LogP) is 2.75. The molecule has 0 aliphatic carbocycles. The van der Waals surface area contributed by atoms with Crippen LogP contribution in [-0.2, 0) is 13.1 Å². The van der Waals surface area contributed by atoms with Crippen molar-refractivity contribution >= 4 is 0 Å². The van der Waals surface area contributed by atoms with Crippen LogP contribution in [-0.4, -0.2) is 40.6 Å². The summed E-state index contributed by atoms with van der Waals surface area (Å²) in [6, 6.07) is 0. The highest BCUT2D eigenvalue weighted by Gasteiger charge is 2.19. The zero-order valence-electron chi connectivity index (χ0n) is 14.0. The van der Waals surface area contributed by atoms with E-state index >= 15 is 0 Å². The highest BCUT2D eigenvalue weighted by atomic mass is 15.2. The number of piperidine rings is 1. The van der Waals surface area contributed by atoms with Crippen LogP contribution in [0.25, 0.3) is 0 Å². The lowest BCUT2D eigenvalue weighted by Gasteiger charge is -2.32. The van der Waals surface area contributed by atoms with E-state index in [1.807, 2.05) is 12.5 Å². The topological polar surface area (TPSA) is 33.1 Å². The fourth-order valence-corrected chi connectivity index (χ4v) is 3.08. The summed E-state index contributed by atoms with van der Waals surface area (Å²) in [6.07, 6.45) is 7.83. The van der Waals surface area contributed by atoms with Crippen molar-refractivity contribution in [2.24, 2.45) is 11.8 Å². The quantitative estimate of drug-likeness (QED) is 0.800. The van der Waals surface area contributed by atoms with Gasteiger partial charge in [0.1, 0.15) is 0 Å². The van der Waals surface area contributed by atoms with E-state index in [9.17, 15) is 0 Å². The van der Waals surface area contributed by atoms with Crippen molar-refractivity contribution in [3.05, 3.63) is 18.2 Å². The third kappa shape index (κ3) is 5.44. The van der Waals surface area contributed by atoms with E-state index in [2.05, 4.69) is 40.5 Å². The van der Waals surface area contributed by atoms with Crippen LogP contribution < -0.4 is 5.32 Å². The second-order valence-electron chi connectivity index (χ2n) is 6.85. The maximum atomic E-state index is 4.30. The number of rotatable bonds is 8. The van der Waals surface area contributed by atoms with Gasteiger partial charge in [-0.25, -0.2) is 4.98 Å². The maximum absolute atomic E-state index is 4.30. The Morgan fingerprint density at radius 3 is 2.76 bits per heavy atom. The monoisotopic (exact) mass is 292 g/mol. The Morgan fingerprint density at radius 2 is 2.10 bits per heavy atom. The van der Waals surface area contributed by atoms with Gasteiger partial charge in [0.25, 0.3) is 0 Å². The Labute approximate surface area is 129 Å². The lowest BCUT2D eigenvalue weighted by molar-refractivity contribution is 0.171. The lowest BCUT2D eigenvalue weighted by atomic mass is 9.96. The van der Waals surface area contributed by atoms with Crippen molar-refractivity contribution in [2.75, 3.05) is 26.2 Å². The third-order valence-corrected chi connectivity index (χ3v) is 4.34. The smallest absolute Gasteiger partial charge is 0.0948 e. The van der Waals surface area contributed by atoms with Crippen molar-refractivity contribution < 1.29 is 0 Å². The Balaban J connectivity index is 1.70. The zero-order chi connectivity index (χ0) is 15.1. The molecule has 0 atom stereocenters. The Hall–Kier alpha value is -0.870. The molecule has 0 bridgehead atoms. The molecule has 1 aliphatic heterocycles. The minimum absolute atomic E-state index is 0.754. The van der Waals surface area contributed by atoms with E-state index in [0.29, 0.717) is 0 Å². The first-order valence-electron chi connectivity index (χ1n) is 8.61. The van der Waals surface area contributed by atoms with Crippen LogP contribution >= 0.6 is 0 Å². The largest absolute Gasteiger partial charge is 0.333 e. The third-order valence-electron chi connectivity index (χ3n) is 4.34. The number of aromatic nitrogens is 2. The number of hydrogen-bond acceptors (Lipinski definition) is 3. The van der Waals surface area contributed by atoms with Crippen LogP contribution in [0.15, 0.2) is 12.5 Å². The van der Waals surface area contributed by atoms with E-state index < -0.39 is 0 Å². The standard InChI is InChI=1S/C17H32N4/c1-4-7-21-14-19-12-17(21)13-20-8-5-16(6-9-20)11-18-10-15(2)3/h12,14-16,18H,4-11,13H2,1-3H3. The molecule has 21 heavy (non-hydrogen) atoms. The molecule has 0 radical (unpaired) electrons. The average molecular weight is 292 g/mol. The summed E-state index contributed by atoms with van der Waals surface area (Å²) in [4.78, 5) is 6.89. The van der Waals surface area contributed by atoms with Gasteiger partial charge >= 0.3 is 0 Å². The molecule has 0 spiro atoms. The fraction of sp³-hybridized carbons (Fsp3) is 0.824. The highest BCUT2D eigenvalue weighted by molar-refractivity contribution is 4.98. The molecule has 4 nitrogen and oxygen atoms in total. The molecular formula is C17H32N4. The number of hydrogen-bond donors (Lipinski definition) is 1. The van der Waals surface area contributed by atoms with Gasteiger partial charge in [0.15, 0.2) is 0 Å². The van der Waals surface area contributed by atoms with E-state index in [1.165, 1.54) is 44.6 Å². The number of likely N-dealkylation sites (tertiary alicyclic amines) is 1. The van der Waals surface area contributed by atoms with Crippen LogP contribution in [0.2, 0.25) is 0 Å². The van der Waals surface area contributed by atoms with Crippen molar-refractivity contribution in [3.63, 3.8) is 0 Å². The van der Waals surface area contributed by atoms with Crippen LogP contribution in [0.1, 0.15) is 45.7 Å². The Kier molecular flexibility index (Phi) is 6.71.